The average molecular weight is 440 g/mol. The van der Waals surface area contributed by atoms with Gasteiger partial charge in [-0.1, -0.05) is 23.7 Å². The molecular weight excluding hydrogens is 418 g/mol. The highest BCUT2D eigenvalue weighted by atomic mass is 35.5. The Morgan fingerprint density at radius 1 is 1.38 bits per heavy atom. The summed E-state index contributed by atoms with van der Waals surface area (Å²) in [5.41, 5.74) is 0.269. The molecule has 2 aliphatic heterocycles. The van der Waals surface area contributed by atoms with E-state index in [0.717, 1.165) is 12.8 Å². The lowest BCUT2D eigenvalue weighted by molar-refractivity contribution is -0.150. The van der Waals surface area contributed by atoms with Crippen LogP contribution in [-0.2, 0) is 19.1 Å². The van der Waals surface area contributed by atoms with E-state index in [0.29, 0.717) is 24.7 Å². The van der Waals surface area contributed by atoms with Gasteiger partial charge >= 0.3 is 5.97 Å². The van der Waals surface area contributed by atoms with Crippen LogP contribution in [0.4, 0.5) is 0 Å². The summed E-state index contributed by atoms with van der Waals surface area (Å²) in [6.07, 6.45) is 1.52. The average Bonchev–Trinajstić information content (AvgIpc) is 3.22. The molecule has 2 fully saturated rings. The van der Waals surface area contributed by atoms with Gasteiger partial charge in [-0.05, 0) is 37.2 Å². The molecule has 2 unspecified atom stereocenters. The molecule has 2 saturated heterocycles. The Morgan fingerprint density at radius 2 is 2.17 bits per heavy atom. The zero-order valence-electron chi connectivity index (χ0n) is 15.7. The number of nitrogens with zero attached hydrogens (tertiary/aromatic N) is 1. The quantitative estimate of drug-likeness (QED) is 0.526. The first kappa shape index (κ1) is 21.5. The monoisotopic (exact) mass is 439 g/mol. The lowest BCUT2D eigenvalue weighted by Gasteiger charge is -2.36. The third kappa shape index (κ3) is 5.65. The van der Waals surface area contributed by atoms with Crippen LogP contribution in [0.5, 0.6) is 0 Å². The van der Waals surface area contributed by atoms with Gasteiger partial charge in [0.15, 0.2) is 5.11 Å². The number of amides is 2. The summed E-state index contributed by atoms with van der Waals surface area (Å²) in [5, 5.41) is 5.64. The number of benzene rings is 1. The second-order valence-corrected chi connectivity index (χ2v) is 7.56. The van der Waals surface area contributed by atoms with Crippen LogP contribution in [0.2, 0.25) is 5.02 Å². The van der Waals surface area contributed by atoms with Gasteiger partial charge in [-0.3, -0.25) is 19.7 Å². The molecule has 1 aromatic rings. The van der Waals surface area contributed by atoms with Crippen molar-refractivity contribution in [3.63, 3.8) is 0 Å². The van der Waals surface area contributed by atoms with Gasteiger partial charge in [0.1, 0.15) is 12.6 Å². The van der Waals surface area contributed by atoms with Gasteiger partial charge in [0.05, 0.1) is 23.1 Å². The minimum Gasteiger partial charge on any atom is -0.463 e. The summed E-state index contributed by atoms with van der Waals surface area (Å²) in [6, 6.07) is 5.71. The predicted molar refractivity (Wildman–Crippen MR) is 110 cm³/mol. The number of hydrogen-bond donors (Lipinski definition) is 2. The van der Waals surface area contributed by atoms with E-state index in [2.05, 4.69) is 10.6 Å². The maximum Gasteiger partial charge on any atom is 0.308 e. The van der Waals surface area contributed by atoms with Crippen molar-refractivity contribution >= 4 is 46.7 Å². The fraction of sp³-hybridized carbons (Fsp3) is 0.474. The lowest BCUT2D eigenvalue weighted by atomic mass is 10.1. The molecule has 2 amide bonds. The van der Waals surface area contributed by atoms with Crippen molar-refractivity contribution in [1.29, 1.82) is 0 Å². The zero-order valence-corrected chi connectivity index (χ0v) is 17.3. The van der Waals surface area contributed by atoms with Gasteiger partial charge in [0.25, 0.3) is 5.91 Å². The first-order valence-corrected chi connectivity index (χ1v) is 10.2. The van der Waals surface area contributed by atoms with Crippen LogP contribution in [0.1, 0.15) is 29.6 Å². The predicted octanol–water partition coefficient (Wildman–Crippen LogP) is 1.27. The minimum atomic E-state index is -0.861. The first-order chi connectivity index (χ1) is 14.0. The number of nitrogens with one attached hydrogen (secondary N) is 2. The fourth-order valence-electron chi connectivity index (χ4n) is 3.22. The van der Waals surface area contributed by atoms with Crippen LogP contribution < -0.4 is 10.6 Å². The summed E-state index contributed by atoms with van der Waals surface area (Å²) >= 11 is 11.4. The van der Waals surface area contributed by atoms with Crippen molar-refractivity contribution in [3.05, 3.63) is 34.9 Å². The molecule has 156 valence electrons. The maximum atomic E-state index is 12.5. The molecule has 2 N–H and O–H groups in total. The summed E-state index contributed by atoms with van der Waals surface area (Å²) in [5.74, 6) is -1.35. The van der Waals surface area contributed by atoms with Crippen molar-refractivity contribution < 1.29 is 23.9 Å². The number of esters is 1. The van der Waals surface area contributed by atoms with Crippen molar-refractivity contribution in [2.75, 3.05) is 26.3 Å². The molecule has 0 aromatic heterocycles. The Hall–Kier alpha value is -2.23. The van der Waals surface area contributed by atoms with Crippen molar-refractivity contribution in [2.45, 2.75) is 31.4 Å². The first-order valence-electron chi connectivity index (χ1n) is 9.37. The molecule has 0 saturated carbocycles. The molecule has 8 nitrogen and oxygen atoms in total. The summed E-state index contributed by atoms with van der Waals surface area (Å²) in [7, 11) is 0. The van der Waals surface area contributed by atoms with E-state index >= 15 is 0 Å². The molecule has 2 heterocycles. The van der Waals surface area contributed by atoms with Crippen LogP contribution in [-0.4, -0.2) is 66.2 Å². The van der Waals surface area contributed by atoms with Gasteiger partial charge in [0, 0.05) is 19.7 Å². The number of carbonyl (C=O) groups is 3. The fourth-order valence-corrected chi connectivity index (χ4v) is 3.75. The molecule has 0 aliphatic carbocycles. The van der Waals surface area contributed by atoms with E-state index in [1.54, 1.807) is 24.3 Å². The smallest absolute Gasteiger partial charge is 0.308 e. The van der Waals surface area contributed by atoms with Gasteiger partial charge < -0.3 is 19.7 Å². The SMILES string of the molecule is O=C(CC1C(=O)NCCN1C(=S)NC(=O)c1ccccc1Cl)OCC1CCCO1. The Morgan fingerprint density at radius 3 is 2.90 bits per heavy atom. The number of ether oxygens (including phenoxy) is 2. The molecule has 2 aliphatic rings. The van der Waals surface area contributed by atoms with Crippen molar-refractivity contribution in [3.8, 4) is 0 Å². The maximum absolute atomic E-state index is 12.5. The Kier molecular flexibility index (Phi) is 7.40. The van der Waals surface area contributed by atoms with E-state index in [-0.39, 0.29) is 35.7 Å². The second-order valence-electron chi connectivity index (χ2n) is 6.76. The van der Waals surface area contributed by atoms with Gasteiger partial charge in [-0.15, -0.1) is 0 Å². The number of halogens is 1. The highest BCUT2D eigenvalue weighted by Gasteiger charge is 2.34. The number of thiocarbonyl (C=S) groups is 1. The molecule has 1 aromatic carbocycles. The number of piperazine rings is 1. The van der Waals surface area contributed by atoms with Gasteiger partial charge in [0.2, 0.25) is 5.91 Å². The molecule has 0 spiro atoms. The molecule has 10 heteroatoms. The number of hydrogen-bond acceptors (Lipinski definition) is 6. The third-order valence-electron chi connectivity index (χ3n) is 4.74. The molecule has 2 atom stereocenters. The van der Waals surface area contributed by atoms with E-state index in [1.807, 2.05) is 0 Å². The van der Waals surface area contributed by atoms with E-state index in [1.165, 1.54) is 4.90 Å². The minimum absolute atomic E-state index is 0.0571. The largest absolute Gasteiger partial charge is 0.463 e. The summed E-state index contributed by atoms with van der Waals surface area (Å²) in [6.45, 7) is 1.54. The molecule has 0 radical (unpaired) electrons. The van der Waals surface area contributed by atoms with E-state index < -0.39 is 17.9 Å². The molecule has 3 rings (SSSR count). The molecular formula is C19H22ClN3O5S. The standard InChI is InChI=1S/C19H22ClN3O5S/c20-14-6-2-1-5-13(14)17(25)22-19(29)23-8-7-21-18(26)15(23)10-16(24)28-11-12-4-3-9-27-12/h1-2,5-6,12,15H,3-4,7-11H2,(H,21,26)(H,22,25,29). The second kappa shape index (κ2) is 10.00. The lowest BCUT2D eigenvalue weighted by Crippen LogP contribution is -2.60. The van der Waals surface area contributed by atoms with Gasteiger partial charge in [-0.2, -0.15) is 0 Å². The number of carbonyl (C=O) groups excluding carboxylic acids is 3. The van der Waals surface area contributed by atoms with E-state index in [9.17, 15) is 14.4 Å². The summed E-state index contributed by atoms with van der Waals surface area (Å²) in [4.78, 5) is 38.6. The normalized spacial score (nSPS) is 21.4. The van der Waals surface area contributed by atoms with Crippen LogP contribution in [0, 0.1) is 0 Å². The van der Waals surface area contributed by atoms with Crippen molar-refractivity contribution in [1.82, 2.24) is 15.5 Å². The Bertz CT molecular complexity index is 800. The highest BCUT2D eigenvalue weighted by molar-refractivity contribution is 7.80. The van der Waals surface area contributed by atoms with Crippen LogP contribution in [0.25, 0.3) is 0 Å². The van der Waals surface area contributed by atoms with Crippen LogP contribution >= 0.6 is 23.8 Å². The topological polar surface area (TPSA) is 97.0 Å². The highest BCUT2D eigenvalue weighted by Crippen LogP contribution is 2.16. The summed E-state index contributed by atoms with van der Waals surface area (Å²) < 4.78 is 10.7. The Balaban J connectivity index is 1.60. The molecule has 29 heavy (non-hydrogen) atoms. The van der Waals surface area contributed by atoms with Crippen LogP contribution in [0.3, 0.4) is 0 Å². The Labute approximate surface area is 178 Å². The zero-order chi connectivity index (χ0) is 20.8. The van der Waals surface area contributed by atoms with Crippen LogP contribution in [0.15, 0.2) is 24.3 Å². The van der Waals surface area contributed by atoms with Crippen molar-refractivity contribution in [2.24, 2.45) is 0 Å². The van der Waals surface area contributed by atoms with E-state index in [4.69, 9.17) is 33.3 Å². The number of rotatable bonds is 5. The third-order valence-corrected chi connectivity index (χ3v) is 5.41. The van der Waals surface area contributed by atoms with Gasteiger partial charge in [-0.25, -0.2) is 0 Å². The molecule has 0 bridgehead atoms.